The van der Waals surface area contributed by atoms with Gasteiger partial charge in [0.1, 0.15) is 5.78 Å². The van der Waals surface area contributed by atoms with Crippen molar-refractivity contribution in [2.75, 3.05) is 0 Å². The maximum atomic E-state index is 12.6. The van der Waals surface area contributed by atoms with Gasteiger partial charge in [-0.15, -0.1) is 0 Å². The maximum absolute atomic E-state index is 12.6. The number of carbonyl (C=O) groups excluding carboxylic acids is 1. The number of hydrogen-bond acceptors (Lipinski definition) is 2. The minimum Gasteiger partial charge on any atom is -0.299 e. The third-order valence-corrected chi connectivity index (χ3v) is 6.12. The van der Waals surface area contributed by atoms with E-state index in [4.69, 9.17) is 0 Å². The van der Waals surface area contributed by atoms with Crippen molar-refractivity contribution < 1.29 is 4.79 Å². The lowest BCUT2D eigenvalue weighted by molar-refractivity contribution is -0.120. The molecule has 0 N–H and O–H groups in total. The SMILES string of the molecule is O=C(Cc1ccc2ccccc2n1)C1C2C3CCC(C3)C12. The van der Waals surface area contributed by atoms with Crippen molar-refractivity contribution in [1.82, 2.24) is 4.98 Å². The number of nitrogens with zero attached hydrogens (tertiary/aromatic N) is 1. The quantitative estimate of drug-likeness (QED) is 0.857. The van der Waals surface area contributed by atoms with Gasteiger partial charge in [0.25, 0.3) is 0 Å². The van der Waals surface area contributed by atoms with E-state index in [1.165, 1.54) is 19.3 Å². The summed E-state index contributed by atoms with van der Waals surface area (Å²) in [6, 6.07) is 12.2. The van der Waals surface area contributed by atoms with Crippen LogP contribution in [0, 0.1) is 29.6 Å². The van der Waals surface area contributed by atoms with Gasteiger partial charge in [0.2, 0.25) is 0 Å². The van der Waals surface area contributed by atoms with Crippen LogP contribution < -0.4 is 0 Å². The lowest BCUT2D eigenvalue weighted by Gasteiger charge is -2.08. The van der Waals surface area contributed by atoms with Gasteiger partial charge in [-0.1, -0.05) is 24.3 Å². The molecule has 5 rings (SSSR count). The number of benzene rings is 1. The summed E-state index contributed by atoms with van der Waals surface area (Å²) in [6.07, 6.45) is 4.70. The number of rotatable bonds is 3. The average molecular weight is 277 g/mol. The second-order valence-corrected chi connectivity index (χ2v) is 7.15. The van der Waals surface area contributed by atoms with Gasteiger partial charge in [-0.25, -0.2) is 0 Å². The number of ketones is 1. The maximum Gasteiger partial charge on any atom is 0.142 e. The predicted molar refractivity (Wildman–Crippen MR) is 81.8 cm³/mol. The highest BCUT2D eigenvalue weighted by molar-refractivity contribution is 5.87. The first-order valence-electron chi connectivity index (χ1n) is 8.18. The van der Waals surface area contributed by atoms with Gasteiger partial charge in [0, 0.05) is 23.4 Å². The Morgan fingerprint density at radius 3 is 2.62 bits per heavy atom. The summed E-state index contributed by atoms with van der Waals surface area (Å²) < 4.78 is 0. The van der Waals surface area contributed by atoms with Crippen LogP contribution in [0.4, 0.5) is 0 Å². The Balaban J connectivity index is 1.36. The third-order valence-electron chi connectivity index (χ3n) is 6.12. The monoisotopic (exact) mass is 277 g/mol. The molecule has 1 aromatic heterocycles. The molecular weight excluding hydrogens is 258 g/mol. The lowest BCUT2D eigenvalue weighted by atomic mass is 9.97. The van der Waals surface area contributed by atoms with Crippen molar-refractivity contribution in [3.05, 3.63) is 42.1 Å². The summed E-state index contributed by atoms with van der Waals surface area (Å²) in [4.78, 5) is 17.3. The number of carbonyl (C=O) groups is 1. The van der Waals surface area contributed by atoms with Crippen LogP contribution in [0.25, 0.3) is 10.9 Å². The number of aromatic nitrogens is 1. The molecule has 0 saturated heterocycles. The van der Waals surface area contributed by atoms with Gasteiger partial charge < -0.3 is 0 Å². The molecule has 4 atom stereocenters. The summed E-state index contributed by atoms with van der Waals surface area (Å²) in [5, 5.41) is 1.15. The first kappa shape index (κ1) is 11.9. The van der Waals surface area contributed by atoms with Crippen LogP contribution in [0.15, 0.2) is 36.4 Å². The fourth-order valence-electron chi connectivity index (χ4n) is 5.26. The highest BCUT2D eigenvalue weighted by atomic mass is 16.1. The van der Waals surface area contributed by atoms with E-state index >= 15 is 0 Å². The van der Waals surface area contributed by atoms with Crippen LogP contribution in [0.2, 0.25) is 0 Å². The van der Waals surface area contributed by atoms with Crippen molar-refractivity contribution in [2.24, 2.45) is 29.6 Å². The van der Waals surface area contributed by atoms with Gasteiger partial charge >= 0.3 is 0 Å². The lowest BCUT2D eigenvalue weighted by Crippen LogP contribution is -2.13. The van der Waals surface area contributed by atoms with Crippen LogP contribution in [0.3, 0.4) is 0 Å². The molecule has 3 saturated carbocycles. The fourth-order valence-corrected chi connectivity index (χ4v) is 5.26. The summed E-state index contributed by atoms with van der Waals surface area (Å²) in [5.41, 5.74) is 1.94. The van der Waals surface area contributed by atoms with Crippen LogP contribution in [0.5, 0.6) is 0 Å². The van der Waals surface area contributed by atoms with E-state index in [-0.39, 0.29) is 0 Å². The zero-order valence-electron chi connectivity index (χ0n) is 12.0. The Kier molecular flexibility index (Phi) is 2.36. The number of pyridine rings is 1. The van der Waals surface area contributed by atoms with Crippen LogP contribution in [0.1, 0.15) is 25.0 Å². The molecule has 106 valence electrons. The van der Waals surface area contributed by atoms with E-state index in [1.807, 2.05) is 24.3 Å². The van der Waals surface area contributed by atoms with E-state index in [9.17, 15) is 4.79 Å². The summed E-state index contributed by atoms with van der Waals surface area (Å²) in [5.74, 6) is 4.07. The van der Waals surface area contributed by atoms with E-state index in [1.54, 1.807) is 0 Å². The second kappa shape index (κ2) is 4.16. The molecule has 4 unspecified atom stereocenters. The summed E-state index contributed by atoms with van der Waals surface area (Å²) in [7, 11) is 0. The molecular formula is C19H19NO. The second-order valence-electron chi connectivity index (χ2n) is 7.15. The van der Waals surface area contributed by atoms with Gasteiger partial charge in [-0.3, -0.25) is 9.78 Å². The normalized spacial score (nSPS) is 35.9. The molecule has 3 aliphatic carbocycles. The number of hydrogen-bond donors (Lipinski definition) is 0. The molecule has 1 aromatic carbocycles. The fraction of sp³-hybridized carbons (Fsp3) is 0.474. The van der Waals surface area contributed by atoms with Crippen LogP contribution >= 0.6 is 0 Å². The first-order chi connectivity index (χ1) is 10.3. The molecule has 2 aromatic rings. The number of fused-ring (bicyclic) bond motifs is 6. The van der Waals surface area contributed by atoms with Crippen molar-refractivity contribution in [2.45, 2.75) is 25.7 Å². The minimum absolute atomic E-state index is 0.379. The van der Waals surface area contributed by atoms with E-state index in [0.29, 0.717) is 18.1 Å². The molecule has 3 aliphatic rings. The molecule has 2 heteroatoms. The molecule has 21 heavy (non-hydrogen) atoms. The Morgan fingerprint density at radius 2 is 1.81 bits per heavy atom. The van der Waals surface area contributed by atoms with Crippen molar-refractivity contribution in [3.63, 3.8) is 0 Å². The van der Waals surface area contributed by atoms with E-state index < -0.39 is 0 Å². The summed E-state index contributed by atoms with van der Waals surface area (Å²) >= 11 is 0. The molecule has 2 nitrogen and oxygen atoms in total. The molecule has 0 spiro atoms. The molecule has 0 amide bonds. The van der Waals surface area contributed by atoms with Crippen LogP contribution in [-0.4, -0.2) is 10.8 Å². The van der Waals surface area contributed by atoms with Gasteiger partial charge in [-0.2, -0.15) is 0 Å². The Labute approximate surface area is 124 Å². The van der Waals surface area contributed by atoms with Crippen LogP contribution in [-0.2, 0) is 11.2 Å². The van der Waals surface area contributed by atoms with Gasteiger partial charge in [0.05, 0.1) is 5.52 Å². The first-order valence-corrected chi connectivity index (χ1v) is 8.18. The highest BCUT2D eigenvalue weighted by Gasteiger charge is 2.66. The standard InChI is InChI=1S/C19H19NO/c21-16(19-17-12-5-6-13(9-12)18(17)19)10-14-8-7-11-3-1-2-4-15(11)20-14/h1-4,7-8,12-13,17-19H,5-6,9-10H2. The molecule has 0 aliphatic heterocycles. The van der Waals surface area contributed by atoms with E-state index in [0.717, 1.165) is 40.3 Å². The minimum atomic E-state index is 0.379. The Morgan fingerprint density at radius 1 is 1.05 bits per heavy atom. The molecule has 1 heterocycles. The van der Waals surface area contributed by atoms with Crippen molar-refractivity contribution in [3.8, 4) is 0 Å². The Hall–Kier alpha value is -1.70. The topological polar surface area (TPSA) is 30.0 Å². The zero-order valence-corrected chi connectivity index (χ0v) is 12.0. The van der Waals surface area contributed by atoms with Gasteiger partial charge in [0.15, 0.2) is 0 Å². The number of para-hydroxylation sites is 1. The predicted octanol–water partition coefficient (Wildman–Crippen LogP) is 3.64. The molecule has 0 radical (unpaired) electrons. The average Bonchev–Trinajstić information content (AvgIpc) is 2.96. The number of Topliss-reactive ketones (excluding diaryl/α,β-unsaturated/α-hetero) is 1. The van der Waals surface area contributed by atoms with Crippen molar-refractivity contribution in [1.29, 1.82) is 0 Å². The zero-order chi connectivity index (χ0) is 14.0. The molecule has 3 fully saturated rings. The highest BCUT2D eigenvalue weighted by Crippen LogP contribution is 2.69. The Bertz CT molecular complexity index is 721. The third kappa shape index (κ3) is 1.71. The smallest absolute Gasteiger partial charge is 0.142 e. The van der Waals surface area contributed by atoms with Crippen molar-refractivity contribution >= 4 is 16.7 Å². The van der Waals surface area contributed by atoms with Gasteiger partial charge in [-0.05, 0) is 55.1 Å². The largest absolute Gasteiger partial charge is 0.299 e. The van der Waals surface area contributed by atoms with E-state index in [2.05, 4.69) is 17.1 Å². The molecule has 2 bridgehead atoms. The summed E-state index contributed by atoms with van der Waals surface area (Å²) in [6.45, 7) is 0.